The molecule has 112 valence electrons. The minimum atomic E-state index is 0.159. The van der Waals surface area contributed by atoms with Gasteiger partial charge in [0.2, 0.25) is 0 Å². The Bertz CT molecular complexity index is 398. The third kappa shape index (κ3) is 4.22. The van der Waals surface area contributed by atoms with Crippen molar-refractivity contribution in [1.29, 1.82) is 0 Å². The molecule has 0 aromatic heterocycles. The van der Waals surface area contributed by atoms with Gasteiger partial charge in [-0.2, -0.15) is 0 Å². The average molecular weight is 276 g/mol. The minimum Gasteiger partial charge on any atom is -0.497 e. The van der Waals surface area contributed by atoms with Crippen LogP contribution in [0.15, 0.2) is 24.3 Å². The number of hydrogen-bond donors (Lipinski definition) is 1. The standard InChI is InChI=1S/C17H28N2O/c1-17(13-18,14-19-10-4-3-5-11-19)12-15-6-8-16(20-2)9-7-15/h6-9H,3-5,10-14,18H2,1-2H3. The van der Waals surface area contributed by atoms with Crippen molar-refractivity contribution < 1.29 is 4.74 Å². The smallest absolute Gasteiger partial charge is 0.118 e. The summed E-state index contributed by atoms with van der Waals surface area (Å²) < 4.78 is 5.21. The van der Waals surface area contributed by atoms with Gasteiger partial charge in [-0.3, -0.25) is 0 Å². The van der Waals surface area contributed by atoms with E-state index in [2.05, 4.69) is 24.0 Å². The Morgan fingerprint density at radius 2 is 1.80 bits per heavy atom. The largest absolute Gasteiger partial charge is 0.497 e. The molecule has 1 saturated heterocycles. The van der Waals surface area contributed by atoms with Gasteiger partial charge in [0.1, 0.15) is 5.75 Å². The first-order chi connectivity index (χ1) is 9.65. The summed E-state index contributed by atoms with van der Waals surface area (Å²) in [5, 5.41) is 0. The molecule has 20 heavy (non-hydrogen) atoms. The lowest BCUT2D eigenvalue weighted by Crippen LogP contribution is -2.44. The van der Waals surface area contributed by atoms with E-state index in [0.717, 1.165) is 25.3 Å². The van der Waals surface area contributed by atoms with Crippen molar-refractivity contribution in [3.63, 3.8) is 0 Å². The van der Waals surface area contributed by atoms with Crippen LogP contribution in [0.25, 0.3) is 0 Å². The summed E-state index contributed by atoms with van der Waals surface area (Å²) in [5.41, 5.74) is 7.58. The van der Waals surface area contributed by atoms with Crippen molar-refractivity contribution in [3.8, 4) is 5.75 Å². The van der Waals surface area contributed by atoms with Crippen LogP contribution in [0, 0.1) is 5.41 Å². The molecule has 1 fully saturated rings. The van der Waals surface area contributed by atoms with Gasteiger partial charge in [0, 0.05) is 6.54 Å². The van der Waals surface area contributed by atoms with E-state index >= 15 is 0 Å². The molecule has 1 unspecified atom stereocenters. The number of hydrogen-bond acceptors (Lipinski definition) is 3. The van der Waals surface area contributed by atoms with Crippen molar-refractivity contribution in [1.82, 2.24) is 4.90 Å². The third-order valence-corrected chi connectivity index (χ3v) is 4.34. The second-order valence-corrected chi connectivity index (χ2v) is 6.38. The number of rotatable bonds is 6. The molecule has 0 bridgehead atoms. The van der Waals surface area contributed by atoms with E-state index in [-0.39, 0.29) is 5.41 Å². The lowest BCUT2D eigenvalue weighted by Gasteiger charge is -2.36. The molecule has 0 aliphatic carbocycles. The van der Waals surface area contributed by atoms with Crippen LogP contribution < -0.4 is 10.5 Å². The van der Waals surface area contributed by atoms with Crippen LogP contribution in [-0.4, -0.2) is 38.2 Å². The summed E-state index contributed by atoms with van der Waals surface area (Å²) in [6.45, 7) is 6.62. The van der Waals surface area contributed by atoms with Gasteiger partial charge < -0.3 is 15.4 Å². The molecule has 0 spiro atoms. The van der Waals surface area contributed by atoms with Crippen molar-refractivity contribution in [3.05, 3.63) is 29.8 Å². The molecule has 0 saturated carbocycles. The Kier molecular flexibility index (Phi) is 5.44. The predicted molar refractivity (Wildman–Crippen MR) is 84.2 cm³/mol. The molecule has 3 nitrogen and oxygen atoms in total. The number of ether oxygens (including phenoxy) is 1. The molecule has 1 atom stereocenters. The zero-order valence-corrected chi connectivity index (χ0v) is 12.9. The Hall–Kier alpha value is -1.06. The van der Waals surface area contributed by atoms with Gasteiger partial charge in [0.15, 0.2) is 0 Å². The quantitative estimate of drug-likeness (QED) is 0.868. The molecule has 0 radical (unpaired) electrons. The van der Waals surface area contributed by atoms with Gasteiger partial charge in [0.05, 0.1) is 7.11 Å². The number of methoxy groups -OCH3 is 1. The highest BCUT2D eigenvalue weighted by molar-refractivity contribution is 5.27. The van der Waals surface area contributed by atoms with Gasteiger partial charge in [-0.15, -0.1) is 0 Å². The second kappa shape index (κ2) is 7.09. The lowest BCUT2D eigenvalue weighted by molar-refractivity contribution is 0.145. The topological polar surface area (TPSA) is 38.5 Å². The summed E-state index contributed by atoms with van der Waals surface area (Å²) in [5.74, 6) is 0.916. The van der Waals surface area contributed by atoms with Gasteiger partial charge in [-0.05, 0) is 62.0 Å². The Morgan fingerprint density at radius 3 is 2.35 bits per heavy atom. The SMILES string of the molecule is COc1ccc(CC(C)(CN)CN2CCCCC2)cc1. The van der Waals surface area contributed by atoms with Crippen LogP contribution >= 0.6 is 0 Å². The van der Waals surface area contributed by atoms with Crippen molar-refractivity contribution in [2.45, 2.75) is 32.6 Å². The van der Waals surface area contributed by atoms with E-state index in [1.807, 2.05) is 12.1 Å². The first kappa shape index (κ1) is 15.3. The molecule has 1 heterocycles. The minimum absolute atomic E-state index is 0.159. The normalized spacial score (nSPS) is 19.6. The first-order valence-electron chi connectivity index (χ1n) is 7.70. The Morgan fingerprint density at radius 1 is 1.15 bits per heavy atom. The highest BCUT2D eigenvalue weighted by Gasteiger charge is 2.26. The van der Waals surface area contributed by atoms with Crippen LogP contribution in [0.5, 0.6) is 5.75 Å². The molecule has 2 N–H and O–H groups in total. The van der Waals surface area contributed by atoms with Gasteiger partial charge in [-0.25, -0.2) is 0 Å². The molecule has 3 heteroatoms. The summed E-state index contributed by atoms with van der Waals surface area (Å²) in [7, 11) is 1.70. The van der Waals surface area contributed by atoms with E-state index in [0.29, 0.717) is 0 Å². The van der Waals surface area contributed by atoms with Crippen LogP contribution in [0.4, 0.5) is 0 Å². The van der Waals surface area contributed by atoms with Gasteiger partial charge in [0.25, 0.3) is 0 Å². The summed E-state index contributed by atoms with van der Waals surface area (Å²) >= 11 is 0. The Balaban J connectivity index is 1.97. The van der Waals surface area contributed by atoms with Gasteiger partial charge in [-0.1, -0.05) is 25.5 Å². The average Bonchev–Trinajstić information content (AvgIpc) is 2.49. The zero-order valence-electron chi connectivity index (χ0n) is 12.9. The molecule has 0 amide bonds. The fraction of sp³-hybridized carbons (Fsp3) is 0.647. The maximum Gasteiger partial charge on any atom is 0.118 e. The number of nitrogens with zero attached hydrogens (tertiary/aromatic N) is 1. The highest BCUT2D eigenvalue weighted by atomic mass is 16.5. The summed E-state index contributed by atoms with van der Waals surface area (Å²) in [6, 6.07) is 8.38. The molecule has 2 rings (SSSR count). The summed E-state index contributed by atoms with van der Waals surface area (Å²) in [4.78, 5) is 2.58. The monoisotopic (exact) mass is 276 g/mol. The number of likely N-dealkylation sites (tertiary alicyclic amines) is 1. The molecular formula is C17H28N2O. The van der Waals surface area contributed by atoms with E-state index in [1.54, 1.807) is 7.11 Å². The maximum atomic E-state index is 6.08. The third-order valence-electron chi connectivity index (χ3n) is 4.34. The first-order valence-corrected chi connectivity index (χ1v) is 7.70. The van der Waals surface area contributed by atoms with Crippen molar-refractivity contribution >= 4 is 0 Å². The predicted octanol–water partition coefficient (Wildman–Crippen LogP) is 2.69. The van der Waals surface area contributed by atoms with Crippen LogP contribution in [-0.2, 0) is 6.42 Å². The maximum absolute atomic E-state index is 6.08. The van der Waals surface area contributed by atoms with Crippen molar-refractivity contribution in [2.75, 3.05) is 33.3 Å². The molecule has 1 aliphatic heterocycles. The van der Waals surface area contributed by atoms with Crippen molar-refractivity contribution in [2.24, 2.45) is 11.1 Å². The number of nitrogens with two attached hydrogens (primary N) is 1. The molecule has 1 aromatic rings. The van der Waals surface area contributed by atoms with Crippen LogP contribution in [0.2, 0.25) is 0 Å². The highest BCUT2D eigenvalue weighted by Crippen LogP contribution is 2.25. The molecule has 1 aromatic carbocycles. The lowest BCUT2D eigenvalue weighted by atomic mass is 9.82. The molecule has 1 aliphatic rings. The van der Waals surface area contributed by atoms with E-state index < -0.39 is 0 Å². The van der Waals surface area contributed by atoms with Crippen LogP contribution in [0.3, 0.4) is 0 Å². The number of benzene rings is 1. The zero-order chi connectivity index (χ0) is 14.4. The van der Waals surface area contributed by atoms with Gasteiger partial charge >= 0.3 is 0 Å². The fourth-order valence-electron chi connectivity index (χ4n) is 3.09. The van der Waals surface area contributed by atoms with E-state index in [9.17, 15) is 0 Å². The second-order valence-electron chi connectivity index (χ2n) is 6.38. The number of piperidine rings is 1. The Labute approximate surface area is 123 Å². The van der Waals surface area contributed by atoms with E-state index in [1.165, 1.54) is 37.9 Å². The van der Waals surface area contributed by atoms with Crippen LogP contribution in [0.1, 0.15) is 31.7 Å². The fourth-order valence-corrected chi connectivity index (χ4v) is 3.09. The molecular weight excluding hydrogens is 248 g/mol. The summed E-state index contributed by atoms with van der Waals surface area (Å²) in [6.07, 6.45) is 5.09. The van der Waals surface area contributed by atoms with E-state index in [4.69, 9.17) is 10.5 Å².